The fraction of sp³-hybridized carbons (Fsp3) is 0.182. The standard InChI is InChI=1S/C11H12N4S/c1-2-16-9-5-3-8(4-6-9)10-11(12)13-7-14-15-10/h3-7H,2H2,1H3,(H2,12,13,14). The summed E-state index contributed by atoms with van der Waals surface area (Å²) in [5.41, 5.74) is 7.31. The van der Waals surface area contributed by atoms with Gasteiger partial charge in [-0.1, -0.05) is 19.1 Å². The van der Waals surface area contributed by atoms with Crippen LogP contribution in [-0.4, -0.2) is 20.9 Å². The Kier molecular flexibility index (Phi) is 3.36. The molecule has 82 valence electrons. The van der Waals surface area contributed by atoms with E-state index in [1.165, 1.54) is 11.2 Å². The van der Waals surface area contributed by atoms with Crippen molar-refractivity contribution in [3.05, 3.63) is 30.6 Å². The van der Waals surface area contributed by atoms with Crippen molar-refractivity contribution < 1.29 is 0 Å². The molecule has 2 aromatic rings. The van der Waals surface area contributed by atoms with Gasteiger partial charge in [-0.15, -0.1) is 22.0 Å². The second-order valence-corrected chi connectivity index (χ2v) is 4.49. The van der Waals surface area contributed by atoms with Gasteiger partial charge in [0, 0.05) is 10.5 Å². The summed E-state index contributed by atoms with van der Waals surface area (Å²) in [6.45, 7) is 2.13. The lowest BCUT2D eigenvalue weighted by molar-refractivity contribution is 0.983. The number of nitrogens with two attached hydrogens (primary N) is 1. The van der Waals surface area contributed by atoms with E-state index in [2.05, 4.69) is 34.2 Å². The lowest BCUT2D eigenvalue weighted by atomic mass is 10.1. The van der Waals surface area contributed by atoms with E-state index in [9.17, 15) is 0 Å². The fourth-order valence-electron chi connectivity index (χ4n) is 1.37. The Labute approximate surface area is 98.3 Å². The van der Waals surface area contributed by atoms with Crippen LogP contribution in [0.1, 0.15) is 6.92 Å². The monoisotopic (exact) mass is 232 g/mol. The van der Waals surface area contributed by atoms with Gasteiger partial charge in [-0.3, -0.25) is 0 Å². The van der Waals surface area contributed by atoms with E-state index in [0.717, 1.165) is 11.3 Å². The molecule has 0 fully saturated rings. The minimum absolute atomic E-state index is 0.408. The molecule has 0 unspecified atom stereocenters. The highest BCUT2D eigenvalue weighted by Gasteiger charge is 2.05. The minimum Gasteiger partial charge on any atom is -0.382 e. The van der Waals surface area contributed by atoms with Crippen molar-refractivity contribution in [1.82, 2.24) is 15.2 Å². The van der Waals surface area contributed by atoms with Crippen molar-refractivity contribution in [1.29, 1.82) is 0 Å². The summed E-state index contributed by atoms with van der Waals surface area (Å²) in [5.74, 6) is 1.47. The molecule has 0 spiro atoms. The minimum atomic E-state index is 0.408. The quantitative estimate of drug-likeness (QED) is 0.822. The Balaban J connectivity index is 2.31. The molecule has 0 saturated carbocycles. The molecule has 2 rings (SSSR count). The number of aromatic nitrogens is 3. The van der Waals surface area contributed by atoms with Gasteiger partial charge < -0.3 is 5.73 Å². The summed E-state index contributed by atoms with van der Waals surface area (Å²) in [5, 5.41) is 7.71. The van der Waals surface area contributed by atoms with Crippen LogP contribution in [0.4, 0.5) is 5.82 Å². The highest BCUT2D eigenvalue weighted by molar-refractivity contribution is 7.99. The van der Waals surface area contributed by atoms with Crippen molar-refractivity contribution in [3.63, 3.8) is 0 Å². The highest BCUT2D eigenvalue weighted by Crippen LogP contribution is 2.24. The van der Waals surface area contributed by atoms with Gasteiger partial charge in [0.1, 0.15) is 12.0 Å². The van der Waals surface area contributed by atoms with E-state index < -0.39 is 0 Å². The topological polar surface area (TPSA) is 64.7 Å². The van der Waals surface area contributed by atoms with Crippen molar-refractivity contribution in [2.75, 3.05) is 11.5 Å². The molecule has 1 heterocycles. The lowest BCUT2D eigenvalue weighted by Gasteiger charge is -2.03. The molecule has 0 bridgehead atoms. The molecule has 16 heavy (non-hydrogen) atoms. The molecule has 0 saturated heterocycles. The summed E-state index contributed by atoms with van der Waals surface area (Å²) >= 11 is 1.80. The van der Waals surface area contributed by atoms with E-state index >= 15 is 0 Å². The average molecular weight is 232 g/mol. The smallest absolute Gasteiger partial charge is 0.153 e. The maximum Gasteiger partial charge on any atom is 0.153 e. The first-order chi connectivity index (χ1) is 7.81. The van der Waals surface area contributed by atoms with Gasteiger partial charge in [0.15, 0.2) is 5.82 Å². The Morgan fingerprint density at radius 2 is 2.00 bits per heavy atom. The Morgan fingerprint density at radius 1 is 1.25 bits per heavy atom. The molecule has 4 nitrogen and oxygen atoms in total. The fourth-order valence-corrected chi connectivity index (χ4v) is 2.03. The summed E-state index contributed by atoms with van der Waals surface area (Å²) in [7, 11) is 0. The highest BCUT2D eigenvalue weighted by atomic mass is 32.2. The molecule has 0 amide bonds. The first kappa shape index (κ1) is 10.9. The zero-order valence-electron chi connectivity index (χ0n) is 8.92. The van der Waals surface area contributed by atoms with Crippen molar-refractivity contribution in [2.45, 2.75) is 11.8 Å². The zero-order valence-corrected chi connectivity index (χ0v) is 9.74. The number of anilines is 1. The summed E-state index contributed by atoms with van der Waals surface area (Å²) in [4.78, 5) is 5.15. The number of hydrogen-bond acceptors (Lipinski definition) is 5. The van der Waals surface area contributed by atoms with Crippen LogP contribution in [0.2, 0.25) is 0 Å². The number of benzene rings is 1. The first-order valence-electron chi connectivity index (χ1n) is 4.97. The molecular formula is C11H12N4S. The number of nitrogen functional groups attached to an aromatic ring is 1. The molecule has 0 radical (unpaired) electrons. The van der Waals surface area contributed by atoms with Gasteiger partial charge in [0.2, 0.25) is 0 Å². The van der Waals surface area contributed by atoms with Crippen LogP contribution in [0, 0.1) is 0 Å². The van der Waals surface area contributed by atoms with Gasteiger partial charge in [0.05, 0.1) is 0 Å². The normalized spacial score (nSPS) is 10.3. The third kappa shape index (κ3) is 2.30. The number of nitrogens with zero attached hydrogens (tertiary/aromatic N) is 3. The lowest BCUT2D eigenvalue weighted by Crippen LogP contribution is -1.98. The Morgan fingerprint density at radius 3 is 2.62 bits per heavy atom. The molecule has 0 aliphatic heterocycles. The van der Waals surface area contributed by atoms with Gasteiger partial charge in [-0.25, -0.2) is 4.98 Å². The largest absolute Gasteiger partial charge is 0.382 e. The Hall–Kier alpha value is -1.62. The summed E-state index contributed by atoms with van der Waals surface area (Å²) in [6, 6.07) is 8.08. The van der Waals surface area contributed by atoms with Crippen LogP contribution in [0.25, 0.3) is 11.3 Å². The van der Waals surface area contributed by atoms with E-state index in [4.69, 9.17) is 5.73 Å². The third-order valence-corrected chi connectivity index (χ3v) is 2.98. The van der Waals surface area contributed by atoms with E-state index in [1.54, 1.807) is 11.8 Å². The maximum absolute atomic E-state index is 5.73. The van der Waals surface area contributed by atoms with Crippen LogP contribution < -0.4 is 5.73 Å². The van der Waals surface area contributed by atoms with Gasteiger partial charge >= 0.3 is 0 Å². The predicted molar refractivity (Wildman–Crippen MR) is 66.1 cm³/mol. The van der Waals surface area contributed by atoms with Crippen molar-refractivity contribution in [3.8, 4) is 11.3 Å². The molecule has 1 aromatic heterocycles. The zero-order chi connectivity index (χ0) is 11.4. The van der Waals surface area contributed by atoms with Gasteiger partial charge in [-0.2, -0.15) is 0 Å². The van der Waals surface area contributed by atoms with Crippen LogP contribution >= 0.6 is 11.8 Å². The predicted octanol–water partition coefficient (Wildman–Crippen LogP) is 2.23. The SMILES string of the molecule is CCSc1ccc(-c2nncnc2N)cc1. The van der Waals surface area contributed by atoms with E-state index in [0.29, 0.717) is 11.5 Å². The van der Waals surface area contributed by atoms with Crippen molar-refractivity contribution in [2.24, 2.45) is 0 Å². The Bertz CT molecular complexity index is 470. The third-order valence-electron chi connectivity index (χ3n) is 2.09. The molecule has 2 N–H and O–H groups in total. The molecule has 5 heteroatoms. The average Bonchev–Trinajstić information content (AvgIpc) is 2.31. The number of hydrogen-bond donors (Lipinski definition) is 1. The van der Waals surface area contributed by atoms with E-state index in [1.807, 2.05) is 12.1 Å². The molecule has 0 aliphatic carbocycles. The van der Waals surface area contributed by atoms with Crippen LogP contribution in [0.3, 0.4) is 0 Å². The first-order valence-corrected chi connectivity index (χ1v) is 5.96. The maximum atomic E-state index is 5.73. The second kappa shape index (κ2) is 4.94. The van der Waals surface area contributed by atoms with Gasteiger partial charge in [0.25, 0.3) is 0 Å². The summed E-state index contributed by atoms with van der Waals surface area (Å²) < 4.78 is 0. The van der Waals surface area contributed by atoms with Gasteiger partial charge in [-0.05, 0) is 17.9 Å². The van der Waals surface area contributed by atoms with Crippen molar-refractivity contribution >= 4 is 17.6 Å². The van der Waals surface area contributed by atoms with Crippen LogP contribution in [0.5, 0.6) is 0 Å². The molecule has 0 aliphatic rings. The molecule has 0 atom stereocenters. The van der Waals surface area contributed by atoms with Crippen LogP contribution in [-0.2, 0) is 0 Å². The number of rotatable bonds is 3. The molecular weight excluding hydrogens is 220 g/mol. The van der Waals surface area contributed by atoms with Crippen LogP contribution in [0.15, 0.2) is 35.5 Å². The molecule has 1 aromatic carbocycles. The number of thioether (sulfide) groups is 1. The summed E-state index contributed by atoms with van der Waals surface area (Å²) in [6.07, 6.45) is 1.35. The second-order valence-electron chi connectivity index (χ2n) is 3.15. The van der Waals surface area contributed by atoms with E-state index in [-0.39, 0.29) is 0 Å².